The molecule has 0 atom stereocenters. The molecule has 0 spiro atoms. The van der Waals surface area contributed by atoms with E-state index in [2.05, 4.69) is 192 Å². The summed E-state index contributed by atoms with van der Waals surface area (Å²) in [4.78, 5) is 2.94. The maximum atomic E-state index is 4.50. The molecule has 0 radical (unpaired) electrons. The molecule has 0 bridgehead atoms. The third-order valence-corrected chi connectivity index (χ3v) is 14.3. The Bertz CT molecular complexity index is 2810. The van der Waals surface area contributed by atoms with Crippen molar-refractivity contribution in [2.24, 2.45) is 5.73 Å². The van der Waals surface area contributed by atoms with Gasteiger partial charge >= 0.3 is 0 Å². The van der Waals surface area contributed by atoms with Gasteiger partial charge in [-0.1, -0.05) is 155 Å². The van der Waals surface area contributed by atoms with Crippen LogP contribution in [0.1, 0.15) is 37.5 Å². The molecule has 8 aromatic carbocycles. The lowest BCUT2D eigenvalue weighted by atomic mass is 9.81. The van der Waals surface area contributed by atoms with Crippen molar-refractivity contribution < 1.29 is 0 Å². The molecule has 1 heterocycles. The zero-order valence-corrected chi connectivity index (χ0v) is 33.7. The Labute approximate surface area is 328 Å². The van der Waals surface area contributed by atoms with Crippen LogP contribution < -0.4 is 5.73 Å². The highest BCUT2D eigenvalue weighted by atomic mass is 32.3. The van der Waals surface area contributed by atoms with Crippen molar-refractivity contribution in [3.63, 3.8) is 0 Å². The maximum absolute atomic E-state index is 4.50. The van der Waals surface area contributed by atoms with Crippen molar-refractivity contribution in [1.29, 1.82) is 0 Å². The molecule has 0 unspecified atom stereocenters. The van der Waals surface area contributed by atoms with E-state index in [9.17, 15) is 0 Å². The minimum Gasteiger partial charge on any atom is -0.333 e. The number of nitrogens with two attached hydrogens (primary N) is 1. The van der Waals surface area contributed by atoms with Crippen molar-refractivity contribution in [2.75, 3.05) is 19.6 Å². The standard InChI is InChI=1S/C52H44S.CH5N/c1-8-33-21-22-37(29-34(33)9-2)38-25-28-43-45(30-38)51(42-19-14-16-35-15-10-11-17-40(35)42)47-32-49-44(41-18-12-13-20-48(41)53(49,6)7)31-46(47)50(43)36-23-26-39(27-24-36)52(3,4)5;1-2/h8-32H,1-2H2,3-7H3;2H2,1H3. The fraction of sp³-hybridized carbons (Fsp3) is 0.132. The van der Waals surface area contributed by atoms with Gasteiger partial charge < -0.3 is 5.73 Å². The summed E-state index contributed by atoms with van der Waals surface area (Å²) in [6.45, 7) is 15.0. The topological polar surface area (TPSA) is 26.0 Å². The SMILES string of the molecule is C=Cc1ccc(-c2ccc3c(-c4ccc(C(C)(C)C)cc4)c4cc5c(cc4c(-c4cccc6ccccc46)c3c2)S(C)(C)c2ccccc2-5)cc1C=C.CN. The number of hydrogen-bond donors (Lipinski definition) is 1. The van der Waals surface area contributed by atoms with Gasteiger partial charge in [-0.3, -0.25) is 0 Å². The lowest BCUT2D eigenvalue weighted by Crippen LogP contribution is -2.10. The normalized spacial score (nSPS) is 13.5. The van der Waals surface area contributed by atoms with Crippen LogP contribution in [-0.4, -0.2) is 19.6 Å². The fourth-order valence-electron chi connectivity index (χ4n) is 8.62. The Morgan fingerprint density at radius 1 is 0.473 bits per heavy atom. The minimum atomic E-state index is -1.23. The van der Waals surface area contributed by atoms with Crippen LogP contribution in [0.4, 0.5) is 0 Å². The minimum absolute atomic E-state index is 0.0696. The van der Waals surface area contributed by atoms with Crippen LogP contribution in [0.2, 0.25) is 0 Å². The van der Waals surface area contributed by atoms with E-state index in [1.54, 1.807) is 0 Å². The molecular formula is C53H49NS. The first-order valence-corrected chi connectivity index (χ1v) is 21.5. The van der Waals surface area contributed by atoms with Gasteiger partial charge in [-0.2, -0.15) is 10.0 Å². The highest BCUT2D eigenvalue weighted by Crippen LogP contribution is 2.68. The molecule has 0 amide bonds. The van der Waals surface area contributed by atoms with Gasteiger partial charge in [-0.25, -0.2) is 0 Å². The van der Waals surface area contributed by atoms with Crippen LogP contribution >= 0.6 is 10.0 Å². The van der Waals surface area contributed by atoms with E-state index in [1.165, 1.54) is 99.2 Å². The lowest BCUT2D eigenvalue weighted by Gasteiger charge is -2.29. The average Bonchev–Trinajstić information content (AvgIpc) is 3.44. The number of benzene rings is 8. The Morgan fingerprint density at radius 2 is 1.07 bits per heavy atom. The number of hydrogen-bond acceptors (Lipinski definition) is 1. The second-order valence-corrected chi connectivity index (χ2v) is 19.4. The summed E-state index contributed by atoms with van der Waals surface area (Å²) in [6.07, 6.45) is 8.77. The molecule has 272 valence electrons. The van der Waals surface area contributed by atoms with Crippen LogP contribution in [0.25, 0.3) is 89.0 Å². The van der Waals surface area contributed by atoms with E-state index >= 15 is 0 Å². The van der Waals surface area contributed by atoms with Gasteiger partial charge in [0.2, 0.25) is 0 Å². The molecule has 1 nitrogen and oxygen atoms in total. The van der Waals surface area contributed by atoms with Crippen molar-refractivity contribution in [1.82, 2.24) is 0 Å². The summed E-state index contributed by atoms with van der Waals surface area (Å²) in [6, 6.07) is 52.9. The molecule has 2 N–H and O–H groups in total. The molecule has 9 rings (SSSR count). The van der Waals surface area contributed by atoms with Crippen LogP contribution in [0, 0.1) is 0 Å². The zero-order chi connectivity index (χ0) is 38.6. The quantitative estimate of drug-likeness (QED) is 0.175. The summed E-state index contributed by atoms with van der Waals surface area (Å²) in [5.74, 6) is 0. The molecule has 0 fully saturated rings. The van der Waals surface area contributed by atoms with E-state index in [0.29, 0.717) is 0 Å². The van der Waals surface area contributed by atoms with Crippen LogP contribution in [-0.2, 0) is 5.41 Å². The zero-order valence-electron chi connectivity index (χ0n) is 32.8. The molecule has 55 heavy (non-hydrogen) atoms. The highest BCUT2D eigenvalue weighted by molar-refractivity contribution is 8.33. The second kappa shape index (κ2) is 13.9. The molecule has 8 aromatic rings. The largest absolute Gasteiger partial charge is 0.333 e. The Morgan fingerprint density at radius 3 is 1.82 bits per heavy atom. The van der Waals surface area contributed by atoms with E-state index in [0.717, 1.165) is 11.1 Å². The third-order valence-electron chi connectivity index (χ3n) is 11.5. The van der Waals surface area contributed by atoms with Crippen LogP contribution in [0.15, 0.2) is 162 Å². The molecule has 0 saturated carbocycles. The first-order chi connectivity index (χ1) is 26.6. The van der Waals surface area contributed by atoms with Crippen molar-refractivity contribution in [2.45, 2.75) is 36.0 Å². The summed E-state index contributed by atoms with van der Waals surface area (Å²) in [5.41, 5.74) is 18.3. The Hall–Kier alpha value is -5.67. The van der Waals surface area contributed by atoms with Gasteiger partial charge in [0.1, 0.15) is 0 Å². The highest BCUT2D eigenvalue weighted by Gasteiger charge is 2.33. The molecule has 0 saturated heterocycles. The third kappa shape index (κ3) is 5.92. The van der Waals surface area contributed by atoms with E-state index < -0.39 is 10.0 Å². The number of rotatable bonds is 5. The average molecular weight is 732 g/mol. The lowest BCUT2D eigenvalue weighted by molar-refractivity contribution is 0.590. The first-order valence-electron chi connectivity index (χ1n) is 19.0. The summed E-state index contributed by atoms with van der Waals surface area (Å²) in [7, 11) is 0.266. The van der Waals surface area contributed by atoms with Gasteiger partial charge in [0.05, 0.1) is 0 Å². The van der Waals surface area contributed by atoms with Crippen molar-refractivity contribution >= 4 is 54.5 Å². The van der Waals surface area contributed by atoms with Crippen molar-refractivity contribution in [3.05, 3.63) is 169 Å². The van der Waals surface area contributed by atoms with Gasteiger partial charge in [0.25, 0.3) is 0 Å². The van der Waals surface area contributed by atoms with Gasteiger partial charge in [-0.15, -0.1) is 0 Å². The summed E-state index contributed by atoms with van der Waals surface area (Å²) in [5, 5.41) is 7.65. The molecule has 0 aromatic heterocycles. The smallest absolute Gasteiger partial charge is 0.00219 e. The van der Waals surface area contributed by atoms with Gasteiger partial charge in [-0.05, 0) is 149 Å². The van der Waals surface area contributed by atoms with Crippen molar-refractivity contribution in [3.8, 4) is 44.5 Å². The Balaban J connectivity index is 0.00000210. The van der Waals surface area contributed by atoms with E-state index in [1.807, 2.05) is 12.2 Å². The predicted molar refractivity (Wildman–Crippen MR) is 246 cm³/mol. The second-order valence-electron chi connectivity index (χ2n) is 15.8. The fourth-order valence-corrected chi connectivity index (χ4v) is 11.1. The van der Waals surface area contributed by atoms with Crippen LogP contribution in [0.5, 0.6) is 0 Å². The van der Waals surface area contributed by atoms with Gasteiger partial charge in [0.15, 0.2) is 0 Å². The maximum Gasteiger partial charge on any atom is 0.00219 e. The summed E-state index contributed by atoms with van der Waals surface area (Å²) < 4.78 is 0. The monoisotopic (exact) mass is 731 g/mol. The molecular weight excluding hydrogens is 683 g/mol. The molecule has 1 aliphatic rings. The first kappa shape index (κ1) is 36.3. The Kier molecular flexibility index (Phi) is 9.16. The summed E-state index contributed by atoms with van der Waals surface area (Å²) >= 11 is 0. The molecule has 0 aliphatic carbocycles. The van der Waals surface area contributed by atoms with Crippen LogP contribution in [0.3, 0.4) is 0 Å². The predicted octanol–water partition coefficient (Wildman–Crippen LogP) is 14.8. The van der Waals surface area contributed by atoms with E-state index in [-0.39, 0.29) is 5.41 Å². The van der Waals surface area contributed by atoms with E-state index in [4.69, 9.17) is 0 Å². The molecule has 1 aliphatic heterocycles. The molecule has 2 heteroatoms. The van der Waals surface area contributed by atoms with Gasteiger partial charge in [0, 0.05) is 9.79 Å². The number of fused-ring (bicyclic) bond motifs is 6.